The summed E-state index contributed by atoms with van der Waals surface area (Å²) < 4.78 is 16.2. The molecule has 3 aliphatic heterocycles. The van der Waals surface area contributed by atoms with E-state index in [1.54, 1.807) is 0 Å². The number of carbonyl (C=O) groups excluding carboxylic acids is 1. The predicted octanol–water partition coefficient (Wildman–Crippen LogP) is -0.553. The number of esters is 1. The molecular weight excluding hydrogens is 308 g/mol. The SMILES string of the molecule is Cl.O=C(O[C@H]1CO[C@H]2[C@@H]1OC[C@H]2O[N+](=O)[O-])[C@@H]1CCCN1. The van der Waals surface area contributed by atoms with Gasteiger partial charge in [-0.3, -0.25) is 4.79 Å². The van der Waals surface area contributed by atoms with Crippen LogP contribution in [0.4, 0.5) is 0 Å². The first-order valence-corrected chi connectivity index (χ1v) is 6.63. The van der Waals surface area contributed by atoms with Crippen molar-refractivity contribution in [2.45, 2.75) is 43.3 Å². The Bertz CT molecular complexity index is 404. The van der Waals surface area contributed by atoms with Crippen LogP contribution >= 0.6 is 12.4 Å². The molecule has 3 fully saturated rings. The summed E-state index contributed by atoms with van der Waals surface area (Å²) in [6.07, 6.45) is -0.643. The van der Waals surface area contributed by atoms with Crippen molar-refractivity contribution in [1.82, 2.24) is 5.32 Å². The van der Waals surface area contributed by atoms with Gasteiger partial charge in [0.2, 0.25) is 0 Å². The van der Waals surface area contributed by atoms with E-state index in [1.165, 1.54) is 0 Å². The first-order valence-electron chi connectivity index (χ1n) is 6.63. The van der Waals surface area contributed by atoms with Gasteiger partial charge in [0.15, 0.2) is 12.2 Å². The number of rotatable bonds is 4. The highest BCUT2D eigenvalue weighted by atomic mass is 35.5. The van der Waals surface area contributed by atoms with Crippen LogP contribution in [0.25, 0.3) is 0 Å². The van der Waals surface area contributed by atoms with Crippen molar-refractivity contribution in [2.24, 2.45) is 0 Å². The average Bonchev–Trinajstić information content (AvgIpc) is 3.09. The molecule has 21 heavy (non-hydrogen) atoms. The van der Waals surface area contributed by atoms with Crippen LogP contribution < -0.4 is 5.32 Å². The van der Waals surface area contributed by atoms with Crippen LogP contribution in [0.3, 0.4) is 0 Å². The zero-order chi connectivity index (χ0) is 14.1. The van der Waals surface area contributed by atoms with Gasteiger partial charge in [-0.1, -0.05) is 0 Å². The van der Waals surface area contributed by atoms with Crippen molar-refractivity contribution in [2.75, 3.05) is 19.8 Å². The second kappa shape index (κ2) is 6.73. The highest BCUT2D eigenvalue weighted by Crippen LogP contribution is 2.30. The van der Waals surface area contributed by atoms with Gasteiger partial charge in [-0.25, -0.2) is 0 Å². The standard InChI is InChI=1S/C11H16N2O7.ClH/c14-11(6-2-1-3-12-6)19-7-4-17-10-8(20-13(15)16)5-18-9(7)10;/h6-10,12H,1-5H2;1H/t6-,7-,8+,9+,10+;/m0./s1. The van der Waals surface area contributed by atoms with Crippen molar-refractivity contribution in [3.8, 4) is 0 Å². The second-order valence-corrected chi connectivity index (χ2v) is 5.09. The van der Waals surface area contributed by atoms with Gasteiger partial charge in [-0.15, -0.1) is 22.5 Å². The van der Waals surface area contributed by atoms with Crippen LogP contribution in [0, 0.1) is 10.1 Å². The molecule has 3 rings (SSSR count). The third-order valence-electron chi connectivity index (χ3n) is 3.80. The Labute approximate surface area is 126 Å². The van der Waals surface area contributed by atoms with Gasteiger partial charge in [0.1, 0.15) is 18.2 Å². The molecule has 0 unspecified atom stereocenters. The Hall–Kier alpha value is -1.16. The van der Waals surface area contributed by atoms with Crippen LogP contribution in [0.2, 0.25) is 0 Å². The maximum absolute atomic E-state index is 11.9. The van der Waals surface area contributed by atoms with E-state index in [-0.39, 0.29) is 37.6 Å². The third kappa shape index (κ3) is 3.37. The summed E-state index contributed by atoms with van der Waals surface area (Å²) in [5.41, 5.74) is 0. The van der Waals surface area contributed by atoms with Crippen molar-refractivity contribution in [3.05, 3.63) is 10.1 Å². The van der Waals surface area contributed by atoms with E-state index >= 15 is 0 Å². The predicted molar refractivity (Wildman–Crippen MR) is 69.5 cm³/mol. The molecule has 0 aromatic carbocycles. The van der Waals surface area contributed by atoms with Gasteiger partial charge in [0.05, 0.1) is 13.2 Å². The number of ether oxygens (including phenoxy) is 3. The van der Waals surface area contributed by atoms with E-state index in [0.29, 0.717) is 0 Å². The summed E-state index contributed by atoms with van der Waals surface area (Å²) in [6.45, 7) is 1.04. The molecule has 0 spiro atoms. The van der Waals surface area contributed by atoms with Crippen molar-refractivity contribution in [3.63, 3.8) is 0 Å². The van der Waals surface area contributed by atoms with Crippen LogP contribution in [-0.2, 0) is 23.8 Å². The number of carbonyl (C=O) groups is 1. The van der Waals surface area contributed by atoms with Gasteiger partial charge >= 0.3 is 5.97 Å². The maximum Gasteiger partial charge on any atom is 0.323 e. The van der Waals surface area contributed by atoms with Gasteiger partial charge in [0.25, 0.3) is 5.09 Å². The number of halogens is 1. The van der Waals surface area contributed by atoms with Crippen molar-refractivity contribution < 1.29 is 28.9 Å². The zero-order valence-electron chi connectivity index (χ0n) is 11.1. The average molecular weight is 325 g/mol. The molecule has 9 nitrogen and oxygen atoms in total. The molecule has 3 aliphatic rings. The molecule has 5 atom stereocenters. The Morgan fingerprint density at radius 1 is 1.24 bits per heavy atom. The Kier molecular flexibility index (Phi) is 5.20. The third-order valence-corrected chi connectivity index (χ3v) is 3.80. The molecule has 10 heteroatoms. The molecule has 0 aromatic heterocycles. The minimum atomic E-state index is -0.860. The zero-order valence-corrected chi connectivity index (χ0v) is 12.0. The maximum atomic E-state index is 11.9. The van der Waals surface area contributed by atoms with E-state index in [1.807, 2.05) is 0 Å². The molecule has 3 heterocycles. The molecule has 0 aromatic rings. The normalized spacial score (nSPS) is 37.6. The van der Waals surface area contributed by atoms with E-state index in [9.17, 15) is 14.9 Å². The molecule has 0 amide bonds. The van der Waals surface area contributed by atoms with Crippen molar-refractivity contribution in [1.29, 1.82) is 0 Å². The summed E-state index contributed by atoms with van der Waals surface area (Å²) in [5, 5.41) is 12.6. The minimum absolute atomic E-state index is 0. The smallest absolute Gasteiger partial charge is 0.323 e. The lowest BCUT2D eigenvalue weighted by Gasteiger charge is -2.18. The number of fused-ring (bicyclic) bond motifs is 1. The highest BCUT2D eigenvalue weighted by molar-refractivity contribution is 5.85. The molecule has 3 saturated heterocycles. The molecule has 0 saturated carbocycles. The van der Waals surface area contributed by atoms with E-state index in [4.69, 9.17) is 14.2 Å². The Morgan fingerprint density at radius 3 is 2.52 bits per heavy atom. The fraction of sp³-hybridized carbons (Fsp3) is 0.909. The van der Waals surface area contributed by atoms with Gasteiger partial charge in [-0.05, 0) is 19.4 Å². The lowest BCUT2D eigenvalue weighted by molar-refractivity contribution is -0.769. The topological polar surface area (TPSA) is 109 Å². The number of nitrogens with zero attached hydrogens (tertiary/aromatic N) is 1. The lowest BCUT2D eigenvalue weighted by atomic mass is 10.1. The summed E-state index contributed by atoms with van der Waals surface area (Å²) in [7, 11) is 0. The molecule has 0 bridgehead atoms. The van der Waals surface area contributed by atoms with E-state index in [2.05, 4.69) is 10.2 Å². The summed E-state index contributed by atoms with van der Waals surface area (Å²) in [5.74, 6) is -0.320. The highest BCUT2D eigenvalue weighted by Gasteiger charge is 2.51. The number of hydrogen-bond donors (Lipinski definition) is 1. The van der Waals surface area contributed by atoms with E-state index in [0.717, 1.165) is 19.4 Å². The second-order valence-electron chi connectivity index (χ2n) is 5.09. The fourth-order valence-corrected chi connectivity index (χ4v) is 2.85. The molecular formula is C11H17ClN2O7. The lowest BCUT2D eigenvalue weighted by Crippen LogP contribution is -2.40. The van der Waals surface area contributed by atoms with Gasteiger partial charge in [0, 0.05) is 0 Å². The van der Waals surface area contributed by atoms with Crippen molar-refractivity contribution >= 4 is 18.4 Å². The summed E-state index contributed by atoms with van der Waals surface area (Å²) in [6, 6.07) is -0.277. The number of nitrogens with one attached hydrogen (secondary N) is 1. The minimum Gasteiger partial charge on any atom is -0.456 e. The Morgan fingerprint density at radius 2 is 1.90 bits per heavy atom. The Balaban J connectivity index is 0.00000161. The molecule has 1 N–H and O–H groups in total. The van der Waals surface area contributed by atoms with E-state index < -0.39 is 29.5 Å². The largest absolute Gasteiger partial charge is 0.456 e. The fourth-order valence-electron chi connectivity index (χ4n) is 2.85. The monoisotopic (exact) mass is 324 g/mol. The van der Waals surface area contributed by atoms with Crippen LogP contribution in [-0.4, -0.2) is 61.3 Å². The quantitative estimate of drug-likeness (QED) is 0.416. The first-order chi connectivity index (χ1) is 9.65. The first kappa shape index (κ1) is 16.2. The molecule has 120 valence electrons. The van der Waals surface area contributed by atoms with Crippen LogP contribution in [0.15, 0.2) is 0 Å². The molecule has 0 aliphatic carbocycles. The summed E-state index contributed by atoms with van der Waals surface area (Å²) >= 11 is 0. The van der Waals surface area contributed by atoms with Crippen LogP contribution in [0.5, 0.6) is 0 Å². The molecule has 0 radical (unpaired) electrons. The number of hydrogen-bond acceptors (Lipinski definition) is 8. The van der Waals surface area contributed by atoms with Crippen LogP contribution in [0.1, 0.15) is 12.8 Å². The van der Waals surface area contributed by atoms with Gasteiger partial charge < -0.3 is 24.4 Å². The van der Waals surface area contributed by atoms with Gasteiger partial charge in [-0.2, -0.15) is 0 Å². The summed E-state index contributed by atoms with van der Waals surface area (Å²) in [4.78, 5) is 26.8.